The van der Waals surface area contributed by atoms with E-state index in [0.29, 0.717) is 18.4 Å². The van der Waals surface area contributed by atoms with Crippen LogP contribution in [0.25, 0.3) is 0 Å². The van der Waals surface area contributed by atoms with Crippen molar-refractivity contribution >= 4 is 9.84 Å². The Morgan fingerprint density at radius 2 is 1.90 bits per heavy atom. The van der Waals surface area contributed by atoms with Crippen molar-refractivity contribution in [3.63, 3.8) is 0 Å². The second-order valence-corrected chi connectivity index (χ2v) is 7.82. The first-order valence-electron chi connectivity index (χ1n) is 6.82. The van der Waals surface area contributed by atoms with Crippen molar-refractivity contribution in [3.8, 4) is 0 Å². The fourth-order valence-electron chi connectivity index (χ4n) is 2.57. The first-order chi connectivity index (χ1) is 9.78. The number of benzene rings is 1. The Balaban J connectivity index is 1.95. The first-order valence-corrected chi connectivity index (χ1v) is 8.64. The molecule has 4 nitrogen and oxygen atoms in total. The zero-order chi connectivity index (χ0) is 15.6. The molecule has 0 aliphatic carbocycles. The second-order valence-electron chi connectivity index (χ2n) is 5.51. The molecular weight excluding hydrogens is 300 g/mol. The number of halogens is 2. The van der Waals surface area contributed by atoms with Crippen LogP contribution >= 0.6 is 0 Å². The summed E-state index contributed by atoms with van der Waals surface area (Å²) >= 11 is 0. The van der Waals surface area contributed by atoms with Crippen LogP contribution in [-0.2, 0) is 9.84 Å². The third-order valence-corrected chi connectivity index (χ3v) is 5.65. The summed E-state index contributed by atoms with van der Waals surface area (Å²) in [7, 11) is -1.12. The minimum Gasteiger partial charge on any atom is -0.387 e. The van der Waals surface area contributed by atoms with Gasteiger partial charge in [-0.3, -0.25) is 0 Å². The van der Waals surface area contributed by atoms with Crippen molar-refractivity contribution < 1.29 is 22.3 Å². The third-order valence-electron chi connectivity index (χ3n) is 3.94. The average molecular weight is 319 g/mol. The van der Waals surface area contributed by atoms with Gasteiger partial charge >= 0.3 is 0 Å². The Hall–Kier alpha value is -1.05. The Morgan fingerprint density at radius 3 is 2.48 bits per heavy atom. The molecular formula is C14H19F2NO3S. The molecule has 118 valence electrons. The van der Waals surface area contributed by atoms with E-state index in [0.717, 1.165) is 12.1 Å². The van der Waals surface area contributed by atoms with Gasteiger partial charge in [-0.15, -0.1) is 0 Å². The maximum absolute atomic E-state index is 13.2. The highest BCUT2D eigenvalue weighted by atomic mass is 32.2. The molecule has 0 amide bonds. The quantitative estimate of drug-likeness (QED) is 0.914. The van der Waals surface area contributed by atoms with Gasteiger partial charge in [0.1, 0.15) is 9.84 Å². The van der Waals surface area contributed by atoms with Crippen LogP contribution in [0.2, 0.25) is 0 Å². The van der Waals surface area contributed by atoms with Crippen LogP contribution in [0.4, 0.5) is 8.78 Å². The molecule has 1 aromatic carbocycles. The molecule has 21 heavy (non-hydrogen) atoms. The first kappa shape index (κ1) is 16.3. The van der Waals surface area contributed by atoms with Crippen LogP contribution in [0.3, 0.4) is 0 Å². The Bertz CT molecular complexity index is 592. The van der Waals surface area contributed by atoms with Crippen LogP contribution in [0, 0.1) is 11.6 Å². The molecule has 0 saturated carbocycles. The van der Waals surface area contributed by atoms with Gasteiger partial charge in [-0.25, -0.2) is 17.2 Å². The lowest BCUT2D eigenvalue weighted by Crippen LogP contribution is -2.40. The van der Waals surface area contributed by atoms with E-state index in [1.165, 1.54) is 6.07 Å². The normalized spacial score (nSPS) is 20.6. The molecule has 7 heteroatoms. The van der Waals surface area contributed by atoms with Gasteiger partial charge in [0, 0.05) is 12.6 Å². The third kappa shape index (κ3) is 4.21. The Labute approximate surface area is 123 Å². The zero-order valence-electron chi connectivity index (χ0n) is 11.8. The molecule has 1 saturated heterocycles. The van der Waals surface area contributed by atoms with E-state index in [-0.39, 0.29) is 24.1 Å². The van der Waals surface area contributed by atoms with Crippen LogP contribution in [0.5, 0.6) is 0 Å². The van der Waals surface area contributed by atoms with Gasteiger partial charge in [-0.05, 0) is 37.6 Å². The Morgan fingerprint density at radius 1 is 1.29 bits per heavy atom. The van der Waals surface area contributed by atoms with Gasteiger partial charge in [0.15, 0.2) is 11.6 Å². The standard InChI is InChI=1S/C14H19F2NO3S/c1-17(11-4-6-21(19,20)7-5-11)9-14(18)10-2-3-12(15)13(16)8-10/h2-3,8,11,14,18H,4-7,9H2,1H3. The number of aliphatic hydroxyl groups is 1. The fraction of sp³-hybridized carbons (Fsp3) is 0.571. The molecule has 0 bridgehead atoms. The molecule has 1 aromatic rings. The summed E-state index contributed by atoms with van der Waals surface area (Å²) < 4.78 is 48.8. The highest BCUT2D eigenvalue weighted by molar-refractivity contribution is 7.91. The fourth-order valence-corrected chi connectivity index (χ4v) is 4.03. The van der Waals surface area contributed by atoms with Crippen molar-refractivity contribution in [2.45, 2.75) is 25.0 Å². The monoisotopic (exact) mass is 319 g/mol. The molecule has 1 N–H and O–H groups in total. The van der Waals surface area contributed by atoms with Crippen LogP contribution < -0.4 is 0 Å². The molecule has 1 aliphatic heterocycles. The number of rotatable bonds is 4. The van der Waals surface area contributed by atoms with Gasteiger partial charge in [0.25, 0.3) is 0 Å². The molecule has 0 spiro atoms. The molecule has 1 heterocycles. The minimum absolute atomic E-state index is 0.0773. The van der Waals surface area contributed by atoms with Gasteiger partial charge in [-0.1, -0.05) is 6.07 Å². The Kier molecular flexibility index (Phi) is 4.95. The molecule has 0 radical (unpaired) electrons. The van der Waals surface area contributed by atoms with Crippen molar-refractivity contribution in [3.05, 3.63) is 35.4 Å². The summed E-state index contributed by atoms with van der Waals surface area (Å²) in [5.74, 6) is -1.62. The van der Waals surface area contributed by atoms with Crippen molar-refractivity contribution in [1.29, 1.82) is 0 Å². The number of sulfone groups is 1. The highest BCUT2D eigenvalue weighted by Crippen LogP contribution is 2.21. The van der Waals surface area contributed by atoms with Crippen LogP contribution in [0.1, 0.15) is 24.5 Å². The van der Waals surface area contributed by atoms with Crippen molar-refractivity contribution in [2.24, 2.45) is 0 Å². The predicted octanol–water partition coefficient (Wildman–Crippen LogP) is 1.51. The topological polar surface area (TPSA) is 57.6 Å². The highest BCUT2D eigenvalue weighted by Gasteiger charge is 2.27. The lowest BCUT2D eigenvalue weighted by molar-refractivity contribution is 0.100. The zero-order valence-corrected chi connectivity index (χ0v) is 12.6. The maximum atomic E-state index is 13.2. The van der Waals surface area contributed by atoms with E-state index in [1.54, 1.807) is 7.05 Å². The second kappa shape index (κ2) is 6.37. The molecule has 1 atom stereocenters. The van der Waals surface area contributed by atoms with Gasteiger partial charge in [0.2, 0.25) is 0 Å². The van der Waals surface area contributed by atoms with Crippen molar-refractivity contribution in [2.75, 3.05) is 25.1 Å². The van der Waals surface area contributed by atoms with Crippen LogP contribution in [0.15, 0.2) is 18.2 Å². The van der Waals surface area contributed by atoms with E-state index < -0.39 is 27.6 Å². The molecule has 2 rings (SSSR count). The lowest BCUT2D eigenvalue weighted by Gasteiger charge is -2.32. The number of aliphatic hydroxyl groups excluding tert-OH is 1. The van der Waals surface area contributed by atoms with E-state index >= 15 is 0 Å². The number of nitrogens with zero attached hydrogens (tertiary/aromatic N) is 1. The number of likely N-dealkylation sites (N-methyl/N-ethyl adjacent to an activating group) is 1. The van der Waals surface area contributed by atoms with Gasteiger partial charge < -0.3 is 10.0 Å². The van der Waals surface area contributed by atoms with E-state index in [1.807, 2.05) is 4.90 Å². The lowest BCUT2D eigenvalue weighted by atomic mass is 10.1. The SMILES string of the molecule is CN(CC(O)c1ccc(F)c(F)c1)C1CCS(=O)(=O)CC1. The molecule has 1 unspecified atom stereocenters. The van der Waals surface area contributed by atoms with Gasteiger partial charge in [-0.2, -0.15) is 0 Å². The number of hydrogen-bond acceptors (Lipinski definition) is 4. The number of hydrogen-bond donors (Lipinski definition) is 1. The average Bonchev–Trinajstić information content (AvgIpc) is 2.41. The summed E-state index contributed by atoms with van der Waals surface area (Å²) in [6, 6.07) is 3.40. The largest absolute Gasteiger partial charge is 0.387 e. The van der Waals surface area contributed by atoms with E-state index in [9.17, 15) is 22.3 Å². The summed E-state index contributed by atoms with van der Waals surface area (Å²) in [4.78, 5) is 1.88. The summed E-state index contributed by atoms with van der Waals surface area (Å²) in [5, 5.41) is 10.1. The maximum Gasteiger partial charge on any atom is 0.159 e. The summed E-state index contributed by atoms with van der Waals surface area (Å²) in [6.07, 6.45) is 0.121. The molecule has 0 aromatic heterocycles. The van der Waals surface area contributed by atoms with E-state index in [2.05, 4.69) is 0 Å². The predicted molar refractivity (Wildman–Crippen MR) is 75.6 cm³/mol. The minimum atomic E-state index is -2.92. The van der Waals surface area contributed by atoms with Crippen molar-refractivity contribution in [1.82, 2.24) is 4.90 Å². The smallest absolute Gasteiger partial charge is 0.159 e. The molecule has 1 aliphatic rings. The van der Waals surface area contributed by atoms with Gasteiger partial charge in [0.05, 0.1) is 17.6 Å². The van der Waals surface area contributed by atoms with E-state index in [4.69, 9.17) is 0 Å². The van der Waals surface area contributed by atoms with Crippen LogP contribution in [-0.4, -0.2) is 49.6 Å². The summed E-state index contributed by atoms with van der Waals surface area (Å²) in [5.41, 5.74) is 0.309. The summed E-state index contributed by atoms with van der Waals surface area (Å²) in [6.45, 7) is 0.246. The molecule has 1 fully saturated rings.